The minimum Gasteiger partial charge on any atom is -0.350 e. The van der Waals surface area contributed by atoms with Crippen molar-refractivity contribution >= 4 is 21.6 Å². The van der Waals surface area contributed by atoms with Crippen LogP contribution in [0, 0.1) is 20.8 Å². The highest BCUT2D eigenvalue weighted by Crippen LogP contribution is 2.24. The van der Waals surface area contributed by atoms with Crippen molar-refractivity contribution in [2.24, 2.45) is 0 Å². The maximum Gasteiger partial charge on any atom is 0.262 e. The molecule has 0 radical (unpaired) electrons. The van der Waals surface area contributed by atoms with Gasteiger partial charge in [-0.2, -0.15) is 0 Å². The van der Waals surface area contributed by atoms with Gasteiger partial charge in [0.2, 0.25) is 0 Å². The lowest BCUT2D eigenvalue weighted by Gasteiger charge is -2.15. The molecule has 0 unspecified atom stereocenters. The monoisotopic (exact) mass is 374 g/mol. The molecule has 0 spiro atoms. The summed E-state index contributed by atoms with van der Waals surface area (Å²) in [7, 11) is -3.80. The number of hydrogen-bond acceptors (Lipinski definition) is 3. The van der Waals surface area contributed by atoms with Crippen molar-refractivity contribution in [1.82, 2.24) is 5.32 Å². The molecule has 0 aliphatic carbocycles. The molecule has 2 aromatic rings. The number of amides is 1. The molecule has 1 atom stereocenters. The van der Waals surface area contributed by atoms with Crippen molar-refractivity contribution in [2.75, 3.05) is 4.72 Å². The number of carbonyl (C=O) groups is 1. The van der Waals surface area contributed by atoms with E-state index in [1.807, 2.05) is 39.8 Å². The molecular formula is C20H26N2O3S. The first-order chi connectivity index (χ1) is 12.1. The van der Waals surface area contributed by atoms with Crippen LogP contribution in [-0.2, 0) is 10.0 Å². The molecule has 0 heterocycles. The summed E-state index contributed by atoms with van der Waals surface area (Å²) in [6.45, 7) is 9.35. The van der Waals surface area contributed by atoms with Gasteiger partial charge in [0.05, 0.1) is 10.6 Å². The van der Waals surface area contributed by atoms with Crippen molar-refractivity contribution in [3.05, 3.63) is 58.7 Å². The summed E-state index contributed by atoms with van der Waals surface area (Å²) in [6, 6.07) is 10.3. The fourth-order valence-electron chi connectivity index (χ4n) is 2.49. The summed E-state index contributed by atoms with van der Waals surface area (Å²) in [6.07, 6.45) is 0.803. The number of benzene rings is 2. The van der Waals surface area contributed by atoms with E-state index >= 15 is 0 Å². The van der Waals surface area contributed by atoms with Gasteiger partial charge in [-0.05, 0) is 69.0 Å². The van der Waals surface area contributed by atoms with Crippen molar-refractivity contribution in [3.8, 4) is 0 Å². The van der Waals surface area contributed by atoms with E-state index in [4.69, 9.17) is 0 Å². The SMILES string of the molecule is CC[C@H](C)NC(=O)c1ccc(C)c(S(=O)(=O)Nc2cc(C)ccc2C)c1. The minimum atomic E-state index is -3.80. The number of hydrogen-bond donors (Lipinski definition) is 2. The predicted octanol–water partition coefficient (Wildman–Crippen LogP) is 3.94. The lowest BCUT2D eigenvalue weighted by molar-refractivity contribution is 0.0939. The maximum atomic E-state index is 12.9. The third kappa shape index (κ3) is 4.64. The summed E-state index contributed by atoms with van der Waals surface area (Å²) >= 11 is 0. The molecule has 6 heteroatoms. The molecule has 0 aliphatic rings. The number of anilines is 1. The van der Waals surface area contributed by atoms with Crippen molar-refractivity contribution in [2.45, 2.75) is 52.0 Å². The fraction of sp³-hybridized carbons (Fsp3) is 0.350. The second-order valence-corrected chi connectivity index (χ2v) is 8.34. The van der Waals surface area contributed by atoms with Gasteiger partial charge in [0, 0.05) is 11.6 Å². The highest BCUT2D eigenvalue weighted by atomic mass is 32.2. The summed E-state index contributed by atoms with van der Waals surface area (Å²) in [5.74, 6) is -0.275. The van der Waals surface area contributed by atoms with E-state index in [1.54, 1.807) is 25.1 Å². The number of rotatable bonds is 6. The molecule has 0 saturated carbocycles. The Hall–Kier alpha value is -2.34. The van der Waals surface area contributed by atoms with Crippen LogP contribution in [-0.4, -0.2) is 20.4 Å². The number of sulfonamides is 1. The highest BCUT2D eigenvalue weighted by Gasteiger charge is 2.20. The van der Waals surface area contributed by atoms with Crippen LogP contribution in [0.4, 0.5) is 5.69 Å². The molecular weight excluding hydrogens is 348 g/mol. The zero-order valence-corrected chi connectivity index (χ0v) is 16.7. The lowest BCUT2D eigenvalue weighted by Crippen LogP contribution is -2.32. The number of nitrogens with one attached hydrogen (secondary N) is 2. The summed E-state index contributed by atoms with van der Waals surface area (Å²) in [4.78, 5) is 12.4. The highest BCUT2D eigenvalue weighted by molar-refractivity contribution is 7.92. The Kier molecular flexibility index (Phi) is 6.08. The summed E-state index contributed by atoms with van der Waals surface area (Å²) in [5, 5.41) is 2.86. The topological polar surface area (TPSA) is 75.3 Å². The molecule has 1 amide bonds. The lowest BCUT2D eigenvalue weighted by atomic mass is 10.1. The molecule has 2 rings (SSSR count). The average molecular weight is 375 g/mol. The van der Waals surface area contributed by atoms with Crippen LogP contribution >= 0.6 is 0 Å². The van der Waals surface area contributed by atoms with Gasteiger partial charge in [-0.25, -0.2) is 8.42 Å². The van der Waals surface area contributed by atoms with Crippen molar-refractivity contribution in [1.29, 1.82) is 0 Å². The third-order valence-electron chi connectivity index (χ3n) is 4.37. The van der Waals surface area contributed by atoms with Gasteiger partial charge >= 0.3 is 0 Å². The quantitative estimate of drug-likeness (QED) is 0.804. The second-order valence-electron chi connectivity index (χ2n) is 6.69. The van der Waals surface area contributed by atoms with Crippen molar-refractivity contribution in [3.63, 3.8) is 0 Å². The average Bonchev–Trinajstić information content (AvgIpc) is 2.57. The van der Waals surface area contributed by atoms with Crippen LogP contribution in [0.1, 0.15) is 47.3 Å². The summed E-state index contributed by atoms with van der Waals surface area (Å²) in [5.41, 5.74) is 3.26. The first-order valence-corrected chi connectivity index (χ1v) is 10.1. The normalized spacial score (nSPS) is 12.5. The standard InChI is InChI=1S/C20H26N2O3S/c1-6-16(5)21-20(23)17-10-9-15(4)19(12-17)26(24,25)22-18-11-13(2)7-8-14(18)3/h7-12,16,22H,6H2,1-5H3,(H,21,23)/t16-/m0/s1. The van der Waals surface area contributed by atoms with Crippen LogP contribution in [0.15, 0.2) is 41.3 Å². The Labute approximate surface area is 155 Å². The van der Waals surface area contributed by atoms with Gasteiger partial charge in [0.1, 0.15) is 0 Å². The Bertz CT molecular complexity index is 921. The van der Waals surface area contributed by atoms with E-state index in [0.29, 0.717) is 16.8 Å². The van der Waals surface area contributed by atoms with Crippen LogP contribution in [0.3, 0.4) is 0 Å². The Morgan fingerprint density at radius 2 is 1.69 bits per heavy atom. The largest absolute Gasteiger partial charge is 0.350 e. The van der Waals surface area contributed by atoms with Gasteiger partial charge in [0.25, 0.3) is 15.9 Å². The van der Waals surface area contributed by atoms with Crippen LogP contribution in [0.5, 0.6) is 0 Å². The molecule has 0 saturated heterocycles. The minimum absolute atomic E-state index is 0.0249. The van der Waals surface area contributed by atoms with Gasteiger partial charge in [-0.3, -0.25) is 9.52 Å². The van der Waals surface area contributed by atoms with E-state index in [9.17, 15) is 13.2 Å². The third-order valence-corrected chi connectivity index (χ3v) is 5.87. The van der Waals surface area contributed by atoms with Gasteiger partial charge in [0.15, 0.2) is 0 Å². The van der Waals surface area contributed by atoms with E-state index in [0.717, 1.165) is 17.5 Å². The van der Waals surface area contributed by atoms with E-state index in [1.165, 1.54) is 6.07 Å². The molecule has 5 nitrogen and oxygen atoms in total. The number of carbonyl (C=O) groups excluding carboxylic acids is 1. The molecule has 26 heavy (non-hydrogen) atoms. The molecule has 0 aromatic heterocycles. The van der Waals surface area contributed by atoms with E-state index in [-0.39, 0.29) is 16.8 Å². The molecule has 2 N–H and O–H groups in total. The predicted molar refractivity (Wildman–Crippen MR) is 105 cm³/mol. The van der Waals surface area contributed by atoms with Crippen molar-refractivity contribution < 1.29 is 13.2 Å². The molecule has 2 aromatic carbocycles. The van der Waals surface area contributed by atoms with E-state index in [2.05, 4.69) is 10.0 Å². The van der Waals surface area contributed by atoms with Crippen LogP contribution in [0.2, 0.25) is 0 Å². The molecule has 140 valence electrons. The second kappa shape index (κ2) is 7.91. The fourth-order valence-corrected chi connectivity index (χ4v) is 3.88. The van der Waals surface area contributed by atoms with Crippen LogP contribution in [0.25, 0.3) is 0 Å². The molecule has 0 bridgehead atoms. The van der Waals surface area contributed by atoms with Gasteiger partial charge in [-0.1, -0.05) is 25.1 Å². The maximum absolute atomic E-state index is 12.9. The zero-order chi connectivity index (χ0) is 19.5. The van der Waals surface area contributed by atoms with Crippen LogP contribution < -0.4 is 10.0 Å². The Balaban J connectivity index is 2.38. The Morgan fingerprint density at radius 3 is 2.35 bits per heavy atom. The molecule has 0 fully saturated rings. The molecule has 0 aliphatic heterocycles. The van der Waals surface area contributed by atoms with Gasteiger partial charge in [-0.15, -0.1) is 0 Å². The first-order valence-electron chi connectivity index (χ1n) is 8.65. The summed E-state index contributed by atoms with van der Waals surface area (Å²) < 4.78 is 28.4. The Morgan fingerprint density at radius 1 is 1.04 bits per heavy atom. The number of aryl methyl sites for hydroxylation is 3. The first kappa shape index (κ1) is 20.0. The van der Waals surface area contributed by atoms with Gasteiger partial charge < -0.3 is 5.32 Å². The smallest absolute Gasteiger partial charge is 0.262 e. The zero-order valence-electron chi connectivity index (χ0n) is 15.9. The van der Waals surface area contributed by atoms with E-state index < -0.39 is 10.0 Å².